The SMILES string of the molecule is C[C@@H](C1CCN(CCSc2ccccc2)CC1)N1CCN(C)CC1. The second kappa shape index (κ2) is 9.23. The highest BCUT2D eigenvalue weighted by Crippen LogP contribution is 2.25. The van der Waals surface area contributed by atoms with Crippen LogP contribution in [0, 0.1) is 5.92 Å². The maximum atomic E-state index is 2.73. The summed E-state index contributed by atoms with van der Waals surface area (Å²) in [6, 6.07) is 11.6. The molecule has 0 radical (unpaired) electrons. The Morgan fingerprint density at radius 3 is 2.33 bits per heavy atom. The van der Waals surface area contributed by atoms with Crippen molar-refractivity contribution in [3.05, 3.63) is 30.3 Å². The van der Waals surface area contributed by atoms with Gasteiger partial charge in [-0.3, -0.25) is 4.90 Å². The molecule has 1 aromatic carbocycles. The summed E-state index contributed by atoms with van der Waals surface area (Å²) in [6.07, 6.45) is 2.76. The maximum absolute atomic E-state index is 2.73. The van der Waals surface area contributed by atoms with Gasteiger partial charge in [0.05, 0.1) is 0 Å². The fourth-order valence-electron chi connectivity index (χ4n) is 4.00. The summed E-state index contributed by atoms with van der Waals surface area (Å²) in [6.45, 7) is 11.3. The standard InChI is InChI=1S/C20H33N3S/c1-18(23-14-12-21(2)13-15-23)19-8-10-22(11-9-19)16-17-24-20-6-4-3-5-7-20/h3-7,18-19H,8-17H2,1-2H3/t18-/m0/s1. The van der Waals surface area contributed by atoms with E-state index in [1.807, 2.05) is 11.8 Å². The van der Waals surface area contributed by atoms with Crippen LogP contribution in [0.3, 0.4) is 0 Å². The van der Waals surface area contributed by atoms with Crippen molar-refractivity contribution in [2.45, 2.75) is 30.7 Å². The molecule has 2 aliphatic rings. The molecule has 2 aliphatic heterocycles. The van der Waals surface area contributed by atoms with Crippen molar-refractivity contribution in [1.29, 1.82) is 0 Å². The highest BCUT2D eigenvalue weighted by molar-refractivity contribution is 7.99. The molecule has 134 valence electrons. The van der Waals surface area contributed by atoms with Gasteiger partial charge in [-0.05, 0) is 58.0 Å². The first-order valence-corrected chi connectivity index (χ1v) is 10.5. The van der Waals surface area contributed by atoms with Crippen LogP contribution in [0.5, 0.6) is 0 Å². The van der Waals surface area contributed by atoms with Gasteiger partial charge in [0, 0.05) is 49.4 Å². The summed E-state index contributed by atoms with van der Waals surface area (Å²) in [7, 11) is 2.24. The second-order valence-corrected chi connectivity index (χ2v) is 8.59. The van der Waals surface area contributed by atoms with E-state index in [-0.39, 0.29) is 0 Å². The minimum Gasteiger partial charge on any atom is -0.304 e. The van der Waals surface area contributed by atoms with Gasteiger partial charge < -0.3 is 9.80 Å². The Morgan fingerprint density at radius 2 is 1.67 bits per heavy atom. The number of hydrogen-bond donors (Lipinski definition) is 0. The fraction of sp³-hybridized carbons (Fsp3) is 0.700. The molecule has 3 rings (SSSR count). The third kappa shape index (κ3) is 5.22. The van der Waals surface area contributed by atoms with E-state index in [9.17, 15) is 0 Å². The predicted octanol–water partition coefficient (Wildman–Crippen LogP) is 3.13. The minimum atomic E-state index is 0.763. The average Bonchev–Trinajstić information content (AvgIpc) is 2.63. The normalized spacial score (nSPS) is 23.4. The molecule has 2 heterocycles. The Labute approximate surface area is 152 Å². The van der Waals surface area contributed by atoms with Crippen LogP contribution in [0.15, 0.2) is 35.2 Å². The van der Waals surface area contributed by atoms with Gasteiger partial charge in [-0.1, -0.05) is 18.2 Å². The van der Waals surface area contributed by atoms with Crippen LogP contribution in [-0.2, 0) is 0 Å². The Balaban J connectivity index is 1.35. The molecule has 0 spiro atoms. The molecule has 0 saturated carbocycles. The van der Waals surface area contributed by atoms with Gasteiger partial charge in [0.1, 0.15) is 0 Å². The van der Waals surface area contributed by atoms with E-state index in [2.05, 4.69) is 59.0 Å². The molecule has 4 heteroatoms. The van der Waals surface area contributed by atoms with Crippen LogP contribution in [-0.4, -0.2) is 79.4 Å². The van der Waals surface area contributed by atoms with Crippen molar-refractivity contribution in [3.63, 3.8) is 0 Å². The van der Waals surface area contributed by atoms with Crippen LogP contribution in [0.4, 0.5) is 0 Å². The van der Waals surface area contributed by atoms with E-state index in [4.69, 9.17) is 0 Å². The summed E-state index contributed by atoms with van der Waals surface area (Å²) in [5.41, 5.74) is 0. The lowest BCUT2D eigenvalue weighted by atomic mass is 9.89. The van der Waals surface area contributed by atoms with Crippen molar-refractivity contribution in [2.75, 3.05) is 58.6 Å². The zero-order valence-corrected chi connectivity index (χ0v) is 16.2. The van der Waals surface area contributed by atoms with Crippen molar-refractivity contribution in [1.82, 2.24) is 14.7 Å². The lowest BCUT2D eigenvalue weighted by Gasteiger charge is -2.42. The summed E-state index contributed by atoms with van der Waals surface area (Å²) >= 11 is 1.99. The zero-order valence-electron chi connectivity index (χ0n) is 15.4. The molecule has 0 aliphatic carbocycles. The van der Waals surface area contributed by atoms with E-state index in [1.54, 1.807) is 0 Å². The fourth-order valence-corrected chi connectivity index (χ4v) is 4.93. The number of rotatable bonds is 6. The molecule has 2 saturated heterocycles. The number of piperazine rings is 1. The summed E-state index contributed by atoms with van der Waals surface area (Å²) in [5.74, 6) is 2.11. The Hall–Kier alpha value is -0.550. The van der Waals surface area contributed by atoms with Gasteiger partial charge in [0.15, 0.2) is 0 Å². The van der Waals surface area contributed by atoms with E-state index in [0.717, 1.165) is 12.0 Å². The monoisotopic (exact) mass is 347 g/mol. The first kappa shape index (κ1) is 18.2. The van der Waals surface area contributed by atoms with Crippen molar-refractivity contribution in [3.8, 4) is 0 Å². The number of likely N-dealkylation sites (N-methyl/N-ethyl adjacent to an activating group) is 1. The van der Waals surface area contributed by atoms with Gasteiger partial charge in [-0.2, -0.15) is 0 Å². The molecule has 2 fully saturated rings. The highest BCUT2D eigenvalue weighted by Gasteiger charge is 2.28. The predicted molar refractivity (Wildman–Crippen MR) is 105 cm³/mol. The minimum absolute atomic E-state index is 0.763. The van der Waals surface area contributed by atoms with Crippen LogP contribution in [0.25, 0.3) is 0 Å². The van der Waals surface area contributed by atoms with Gasteiger partial charge in [0.2, 0.25) is 0 Å². The number of likely N-dealkylation sites (tertiary alicyclic amines) is 1. The molecular formula is C20H33N3S. The first-order chi connectivity index (χ1) is 11.7. The smallest absolute Gasteiger partial charge is 0.0113 e. The molecule has 0 aromatic heterocycles. The van der Waals surface area contributed by atoms with Crippen LogP contribution >= 0.6 is 11.8 Å². The van der Waals surface area contributed by atoms with Crippen molar-refractivity contribution in [2.24, 2.45) is 5.92 Å². The molecule has 0 bridgehead atoms. The Morgan fingerprint density at radius 1 is 1.00 bits per heavy atom. The summed E-state index contributed by atoms with van der Waals surface area (Å²) in [5, 5.41) is 0. The lowest BCUT2D eigenvalue weighted by Crippen LogP contribution is -2.51. The summed E-state index contributed by atoms with van der Waals surface area (Å²) < 4.78 is 0. The van der Waals surface area contributed by atoms with Gasteiger partial charge in [-0.25, -0.2) is 0 Å². The zero-order chi connectivity index (χ0) is 16.8. The highest BCUT2D eigenvalue weighted by atomic mass is 32.2. The second-order valence-electron chi connectivity index (χ2n) is 7.42. The first-order valence-electron chi connectivity index (χ1n) is 9.55. The van der Waals surface area contributed by atoms with Crippen LogP contribution in [0.2, 0.25) is 0 Å². The number of nitrogens with zero attached hydrogens (tertiary/aromatic N) is 3. The van der Waals surface area contributed by atoms with Gasteiger partial charge >= 0.3 is 0 Å². The summed E-state index contributed by atoms with van der Waals surface area (Å²) in [4.78, 5) is 9.25. The molecule has 0 N–H and O–H groups in total. The molecule has 24 heavy (non-hydrogen) atoms. The van der Waals surface area contributed by atoms with Gasteiger partial charge in [0.25, 0.3) is 0 Å². The largest absolute Gasteiger partial charge is 0.304 e. The Kier molecular flexibility index (Phi) is 7.02. The van der Waals surface area contributed by atoms with Crippen LogP contribution < -0.4 is 0 Å². The third-order valence-electron chi connectivity index (χ3n) is 5.85. The quantitative estimate of drug-likeness (QED) is 0.731. The van der Waals surface area contributed by atoms with Gasteiger partial charge in [-0.15, -0.1) is 11.8 Å². The number of thioether (sulfide) groups is 1. The Bertz CT molecular complexity index is 465. The molecule has 0 amide bonds. The molecule has 3 nitrogen and oxygen atoms in total. The molecule has 1 atom stereocenters. The van der Waals surface area contributed by atoms with E-state index < -0.39 is 0 Å². The maximum Gasteiger partial charge on any atom is 0.0113 e. The number of piperidine rings is 1. The molecule has 0 unspecified atom stereocenters. The molecular weight excluding hydrogens is 314 g/mol. The van der Waals surface area contributed by atoms with Crippen molar-refractivity contribution >= 4 is 11.8 Å². The topological polar surface area (TPSA) is 9.72 Å². The van der Waals surface area contributed by atoms with Crippen molar-refractivity contribution < 1.29 is 0 Å². The lowest BCUT2D eigenvalue weighted by molar-refractivity contribution is 0.0625. The van der Waals surface area contributed by atoms with E-state index in [0.29, 0.717) is 0 Å². The van der Waals surface area contributed by atoms with E-state index in [1.165, 1.54) is 69.3 Å². The van der Waals surface area contributed by atoms with Crippen LogP contribution in [0.1, 0.15) is 19.8 Å². The third-order valence-corrected chi connectivity index (χ3v) is 6.84. The average molecular weight is 348 g/mol. The molecule has 1 aromatic rings. The number of benzene rings is 1. The van der Waals surface area contributed by atoms with E-state index >= 15 is 0 Å². The number of hydrogen-bond acceptors (Lipinski definition) is 4.